The van der Waals surface area contributed by atoms with Gasteiger partial charge >= 0.3 is 0 Å². The van der Waals surface area contributed by atoms with E-state index in [-0.39, 0.29) is 12.5 Å². The van der Waals surface area contributed by atoms with Gasteiger partial charge in [0.15, 0.2) is 6.61 Å². The highest BCUT2D eigenvalue weighted by Gasteiger charge is 2.08. The minimum absolute atomic E-state index is 0.0673. The zero-order chi connectivity index (χ0) is 15.0. The largest absolute Gasteiger partial charge is 0.483 e. The summed E-state index contributed by atoms with van der Waals surface area (Å²) in [5, 5.41) is 2.87. The molecule has 0 saturated heterocycles. The average molecular weight is 278 g/mol. The Kier molecular flexibility index (Phi) is 7.09. The molecule has 0 bridgehead atoms. The molecule has 0 saturated carbocycles. The Bertz CT molecular complexity index is 417. The quantitative estimate of drug-likeness (QED) is 0.742. The highest BCUT2D eigenvalue weighted by molar-refractivity contribution is 5.77. The molecule has 1 N–H and O–H groups in total. The first-order chi connectivity index (χ1) is 9.50. The van der Waals surface area contributed by atoms with Crippen molar-refractivity contribution >= 4 is 5.91 Å². The molecule has 0 aliphatic rings. The Hall–Kier alpha value is -1.55. The second kappa shape index (κ2) is 8.59. The Morgan fingerprint density at radius 1 is 1.30 bits per heavy atom. The fourth-order valence-electron chi connectivity index (χ4n) is 1.91. The van der Waals surface area contributed by atoms with Crippen LogP contribution in [0.2, 0.25) is 0 Å². The van der Waals surface area contributed by atoms with E-state index in [2.05, 4.69) is 24.1 Å². The molecule has 4 nitrogen and oxygen atoms in total. The first kappa shape index (κ1) is 16.5. The summed E-state index contributed by atoms with van der Waals surface area (Å²) in [5.41, 5.74) is 1.13. The molecule has 0 aromatic heterocycles. The van der Waals surface area contributed by atoms with Crippen LogP contribution in [-0.4, -0.2) is 44.6 Å². The number of rotatable bonds is 8. The molecule has 1 aromatic carbocycles. The molecule has 0 atom stereocenters. The van der Waals surface area contributed by atoms with Crippen molar-refractivity contribution in [3.63, 3.8) is 0 Å². The van der Waals surface area contributed by atoms with Crippen molar-refractivity contribution in [1.29, 1.82) is 0 Å². The molecule has 0 spiro atoms. The SMILES string of the molecule is CC(C)c1ccccc1OCC(=O)NCCCN(C)C. The number of ether oxygens (including phenoxy) is 1. The number of nitrogens with one attached hydrogen (secondary N) is 1. The number of carbonyl (C=O) groups is 1. The van der Waals surface area contributed by atoms with Crippen molar-refractivity contribution in [3.05, 3.63) is 29.8 Å². The number of hydrogen-bond acceptors (Lipinski definition) is 3. The summed E-state index contributed by atoms with van der Waals surface area (Å²) in [6.45, 7) is 5.96. The zero-order valence-corrected chi connectivity index (χ0v) is 13.0. The van der Waals surface area contributed by atoms with Crippen molar-refractivity contribution in [2.45, 2.75) is 26.2 Å². The van der Waals surface area contributed by atoms with Gasteiger partial charge in [-0.2, -0.15) is 0 Å². The lowest BCUT2D eigenvalue weighted by Crippen LogP contribution is -2.31. The Morgan fingerprint density at radius 2 is 2.00 bits per heavy atom. The lowest BCUT2D eigenvalue weighted by Gasteiger charge is -2.14. The maximum Gasteiger partial charge on any atom is 0.257 e. The van der Waals surface area contributed by atoms with Gasteiger partial charge in [-0.3, -0.25) is 4.79 Å². The van der Waals surface area contributed by atoms with Crippen molar-refractivity contribution in [2.75, 3.05) is 33.8 Å². The number of benzene rings is 1. The maximum absolute atomic E-state index is 11.7. The standard InChI is InChI=1S/C16H26N2O2/c1-13(2)14-8-5-6-9-15(14)20-12-16(19)17-10-7-11-18(3)4/h5-6,8-9,13H,7,10-12H2,1-4H3,(H,17,19). The molecular formula is C16H26N2O2. The van der Waals surface area contributed by atoms with Crippen LogP contribution in [0.3, 0.4) is 0 Å². The van der Waals surface area contributed by atoms with Crippen LogP contribution in [0.25, 0.3) is 0 Å². The fraction of sp³-hybridized carbons (Fsp3) is 0.562. The van der Waals surface area contributed by atoms with Gasteiger partial charge < -0.3 is 15.0 Å². The van der Waals surface area contributed by atoms with E-state index in [4.69, 9.17) is 4.74 Å². The molecule has 0 aliphatic carbocycles. The fourth-order valence-corrected chi connectivity index (χ4v) is 1.91. The van der Waals surface area contributed by atoms with Crippen LogP contribution >= 0.6 is 0 Å². The predicted octanol–water partition coefficient (Wildman–Crippen LogP) is 2.26. The second-order valence-corrected chi connectivity index (χ2v) is 5.49. The van der Waals surface area contributed by atoms with E-state index in [1.54, 1.807) is 0 Å². The highest BCUT2D eigenvalue weighted by atomic mass is 16.5. The number of hydrogen-bond donors (Lipinski definition) is 1. The molecule has 1 aromatic rings. The van der Waals surface area contributed by atoms with E-state index in [1.807, 2.05) is 38.4 Å². The van der Waals surface area contributed by atoms with Crippen LogP contribution in [0.4, 0.5) is 0 Å². The summed E-state index contributed by atoms with van der Waals surface area (Å²) in [4.78, 5) is 13.8. The van der Waals surface area contributed by atoms with Gasteiger partial charge in [0.25, 0.3) is 5.91 Å². The molecule has 1 rings (SSSR count). The third-order valence-electron chi connectivity index (χ3n) is 3.00. The summed E-state index contributed by atoms with van der Waals surface area (Å²) in [6, 6.07) is 7.86. The molecule has 0 unspecified atom stereocenters. The molecule has 0 radical (unpaired) electrons. The molecule has 0 heterocycles. The van der Waals surface area contributed by atoms with Gasteiger partial charge in [0.2, 0.25) is 0 Å². The first-order valence-electron chi connectivity index (χ1n) is 7.14. The lowest BCUT2D eigenvalue weighted by molar-refractivity contribution is -0.123. The molecular weight excluding hydrogens is 252 g/mol. The predicted molar refractivity (Wildman–Crippen MR) is 82.2 cm³/mol. The lowest BCUT2D eigenvalue weighted by atomic mass is 10.0. The second-order valence-electron chi connectivity index (χ2n) is 5.49. The minimum atomic E-state index is -0.0673. The topological polar surface area (TPSA) is 41.6 Å². The van der Waals surface area contributed by atoms with E-state index in [0.717, 1.165) is 24.3 Å². The van der Waals surface area contributed by atoms with E-state index in [1.165, 1.54) is 0 Å². The third kappa shape index (κ3) is 6.06. The smallest absolute Gasteiger partial charge is 0.257 e. The zero-order valence-electron chi connectivity index (χ0n) is 13.0. The molecule has 0 fully saturated rings. The van der Waals surface area contributed by atoms with Crippen LogP contribution < -0.4 is 10.1 Å². The van der Waals surface area contributed by atoms with Crippen molar-refractivity contribution in [3.8, 4) is 5.75 Å². The average Bonchev–Trinajstić information content (AvgIpc) is 2.41. The number of para-hydroxylation sites is 1. The van der Waals surface area contributed by atoms with Gasteiger partial charge in [-0.15, -0.1) is 0 Å². The monoisotopic (exact) mass is 278 g/mol. The van der Waals surface area contributed by atoms with Gasteiger partial charge in [0, 0.05) is 6.54 Å². The summed E-state index contributed by atoms with van der Waals surface area (Å²) in [6.07, 6.45) is 0.946. The van der Waals surface area contributed by atoms with Crippen molar-refractivity contribution in [2.24, 2.45) is 0 Å². The van der Waals surface area contributed by atoms with Crippen LogP contribution in [0.15, 0.2) is 24.3 Å². The Balaban J connectivity index is 2.34. The van der Waals surface area contributed by atoms with Crippen LogP contribution in [0.5, 0.6) is 5.75 Å². The van der Waals surface area contributed by atoms with Gasteiger partial charge in [-0.1, -0.05) is 32.0 Å². The Morgan fingerprint density at radius 3 is 2.65 bits per heavy atom. The number of nitrogens with zero attached hydrogens (tertiary/aromatic N) is 1. The molecule has 20 heavy (non-hydrogen) atoms. The van der Waals surface area contributed by atoms with Gasteiger partial charge in [0.1, 0.15) is 5.75 Å². The number of carbonyl (C=O) groups excluding carboxylic acids is 1. The minimum Gasteiger partial charge on any atom is -0.483 e. The van der Waals surface area contributed by atoms with E-state index < -0.39 is 0 Å². The highest BCUT2D eigenvalue weighted by Crippen LogP contribution is 2.25. The first-order valence-corrected chi connectivity index (χ1v) is 7.14. The summed E-state index contributed by atoms with van der Waals surface area (Å²) >= 11 is 0. The third-order valence-corrected chi connectivity index (χ3v) is 3.00. The van der Waals surface area contributed by atoms with E-state index >= 15 is 0 Å². The van der Waals surface area contributed by atoms with Crippen LogP contribution in [0, 0.1) is 0 Å². The number of amides is 1. The van der Waals surface area contributed by atoms with Gasteiger partial charge in [-0.25, -0.2) is 0 Å². The van der Waals surface area contributed by atoms with Crippen molar-refractivity contribution < 1.29 is 9.53 Å². The maximum atomic E-state index is 11.7. The molecule has 4 heteroatoms. The Labute approximate surface area is 122 Å². The van der Waals surface area contributed by atoms with E-state index in [0.29, 0.717) is 12.5 Å². The van der Waals surface area contributed by atoms with Crippen LogP contribution in [0.1, 0.15) is 31.7 Å². The molecule has 1 amide bonds. The van der Waals surface area contributed by atoms with E-state index in [9.17, 15) is 4.79 Å². The summed E-state index contributed by atoms with van der Waals surface area (Å²) < 4.78 is 5.62. The summed E-state index contributed by atoms with van der Waals surface area (Å²) in [5.74, 6) is 1.11. The van der Waals surface area contributed by atoms with Gasteiger partial charge in [0.05, 0.1) is 0 Å². The normalized spacial score (nSPS) is 10.9. The summed E-state index contributed by atoms with van der Waals surface area (Å²) in [7, 11) is 4.04. The molecule has 112 valence electrons. The van der Waals surface area contributed by atoms with Crippen LogP contribution in [-0.2, 0) is 4.79 Å². The molecule has 0 aliphatic heterocycles. The van der Waals surface area contributed by atoms with Crippen molar-refractivity contribution in [1.82, 2.24) is 10.2 Å². The van der Waals surface area contributed by atoms with Gasteiger partial charge in [-0.05, 0) is 44.6 Å².